The number of esters is 1. The SMILES string of the molecule is COC(=O)CSc1nnc(NC(=O)c2ccccc2F)s1. The van der Waals surface area contributed by atoms with Crippen molar-refractivity contribution in [2.45, 2.75) is 4.34 Å². The number of anilines is 1. The number of hydrogen-bond acceptors (Lipinski definition) is 7. The van der Waals surface area contributed by atoms with E-state index in [4.69, 9.17) is 0 Å². The molecule has 0 bridgehead atoms. The minimum Gasteiger partial charge on any atom is -0.468 e. The molecule has 1 amide bonds. The van der Waals surface area contributed by atoms with Crippen molar-refractivity contribution in [3.63, 3.8) is 0 Å². The summed E-state index contributed by atoms with van der Waals surface area (Å²) >= 11 is 2.24. The minimum atomic E-state index is -0.611. The van der Waals surface area contributed by atoms with Crippen molar-refractivity contribution in [3.8, 4) is 0 Å². The summed E-state index contributed by atoms with van der Waals surface area (Å²) in [5, 5.41) is 10.3. The Bertz CT molecular complexity index is 663. The first kappa shape index (κ1) is 15.4. The average molecular weight is 327 g/mol. The molecule has 0 unspecified atom stereocenters. The molecule has 2 aromatic rings. The van der Waals surface area contributed by atoms with Gasteiger partial charge in [0, 0.05) is 0 Å². The van der Waals surface area contributed by atoms with Crippen molar-refractivity contribution in [2.24, 2.45) is 0 Å². The lowest BCUT2D eigenvalue weighted by Gasteiger charge is -2.01. The Labute approximate surface area is 127 Å². The summed E-state index contributed by atoms with van der Waals surface area (Å²) in [4.78, 5) is 22.9. The van der Waals surface area contributed by atoms with Crippen LogP contribution in [-0.2, 0) is 9.53 Å². The van der Waals surface area contributed by atoms with E-state index in [9.17, 15) is 14.0 Å². The number of carbonyl (C=O) groups excluding carboxylic acids is 2. The Morgan fingerprint density at radius 2 is 2.14 bits per heavy atom. The fraction of sp³-hybridized carbons (Fsp3) is 0.167. The lowest BCUT2D eigenvalue weighted by molar-refractivity contribution is -0.137. The molecule has 0 atom stereocenters. The van der Waals surface area contributed by atoms with Crippen molar-refractivity contribution in [2.75, 3.05) is 18.2 Å². The van der Waals surface area contributed by atoms with Gasteiger partial charge >= 0.3 is 5.97 Å². The van der Waals surface area contributed by atoms with E-state index in [2.05, 4.69) is 20.3 Å². The second-order valence-corrected chi connectivity index (χ2v) is 5.87. The lowest BCUT2D eigenvalue weighted by Crippen LogP contribution is -2.13. The summed E-state index contributed by atoms with van der Waals surface area (Å²) in [5.74, 6) is -1.49. The molecule has 0 fully saturated rings. The van der Waals surface area contributed by atoms with Crippen LogP contribution in [0, 0.1) is 5.82 Å². The van der Waals surface area contributed by atoms with Crippen LogP contribution in [0.3, 0.4) is 0 Å². The van der Waals surface area contributed by atoms with Gasteiger partial charge in [-0.25, -0.2) is 4.39 Å². The number of methoxy groups -OCH3 is 1. The Balaban J connectivity index is 1.98. The summed E-state index contributed by atoms with van der Waals surface area (Å²) in [6, 6.07) is 5.64. The topological polar surface area (TPSA) is 81.2 Å². The summed E-state index contributed by atoms with van der Waals surface area (Å²) < 4.78 is 18.5. The van der Waals surface area contributed by atoms with Gasteiger partial charge in [-0.15, -0.1) is 10.2 Å². The number of nitrogens with one attached hydrogen (secondary N) is 1. The third-order valence-corrected chi connectivity index (χ3v) is 4.23. The van der Waals surface area contributed by atoms with Crippen molar-refractivity contribution in [1.29, 1.82) is 0 Å². The van der Waals surface area contributed by atoms with Crippen LogP contribution in [0.2, 0.25) is 0 Å². The second-order valence-electron chi connectivity index (χ2n) is 3.67. The molecular formula is C12H10FN3O3S2. The number of thioether (sulfide) groups is 1. The second kappa shape index (κ2) is 7.14. The standard InChI is InChI=1S/C12H10FN3O3S2/c1-19-9(17)6-20-12-16-15-11(21-12)14-10(18)7-4-2-3-5-8(7)13/h2-5H,6H2,1H3,(H,14,15,18). The molecule has 0 aliphatic heterocycles. The van der Waals surface area contributed by atoms with Crippen LogP contribution < -0.4 is 5.32 Å². The van der Waals surface area contributed by atoms with Crippen LogP contribution in [0.25, 0.3) is 0 Å². The maximum atomic E-state index is 13.4. The van der Waals surface area contributed by atoms with Crippen molar-refractivity contribution < 1.29 is 18.7 Å². The summed E-state index contributed by atoms with van der Waals surface area (Å²) in [6.45, 7) is 0. The van der Waals surface area contributed by atoms with Gasteiger partial charge < -0.3 is 4.74 Å². The molecule has 1 aromatic heterocycles. The van der Waals surface area contributed by atoms with E-state index in [1.54, 1.807) is 6.07 Å². The third kappa shape index (κ3) is 4.23. The van der Waals surface area contributed by atoms with E-state index in [1.807, 2.05) is 0 Å². The van der Waals surface area contributed by atoms with Gasteiger partial charge in [-0.3, -0.25) is 14.9 Å². The summed E-state index contributed by atoms with van der Waals surface area (Å²) in [7, 11) is 1.29. The monoisotopic (exact) mass is 327 g/mol. The molecule has 0 aliphatic carbocycles. The van der Waals surface area contributed by atoms with E-state index in [1.165, 1.54) is 25.3 Å². The van der Waals surface area contributed by atoms with Crippen LogP contribution in [0.15, 0.2) is 28.6 Å². The van der Waals surface area contributed by atoms with Gasteiger partial charge in [-0.05, 0) is 12.1 Å². The van der Waals surface area contributed by atoms with Crippen molar-refractivity contribution in [3.05, 3.63) is 35.6 Å². The molecule has 9 heteroatoms. The number of amides is 1. The Morgan fingerprint density at radius 1 is 1.38 bits per heavy atom. The zero-order valence-corrected chi connectivity index (χ0v) is 12.5. The number of benzene rings is 1. The fourth-order valence-corrected chi connectivity index (χ4v) is 2.89. The first-order valence-electron chi connectivity index (χ1n) is 5.69. The zero-order valence-electron chi connectivity index (χ0n) is 10.8. The van der Waals surface area contributed by atoms with Crippen LogP contribution in [0.5, 0.6) is 0 Å². The van der Waals surface area contributed by atoms with Gasteiger partial charge in [-0.2, -0.15) is 0 Å². The highest BCUT2D eigenvalue weighted by atomic mass is 32.2. The number of halogens is 1. The maximum Gasteiger partial charge on any atom is 0.316 e. The van der Waals surface area contributed by atoms with Gasteiger partial charge in [0.1, 0.15) is 5.82 Å². The number of nitrogens with zero attached hydrogens (tertiary/aromatic N) is 2. The van der Waals surface area contributed by atoms with Crippen molar-refractivity contribution in [1.82, 2.24) is 10.2 Å². The van der Waals surface area contributed by atoms with Crippen LogP contribution >= 0.6 is 23.1 Å². The number of carbonyl (C=O) groups is 2. The summed E-state index contributed by atoms with van der Waals surface area (Å²) in [6.07, 6.45) is 0. The normalized spacial score (nSPS) is 10.2. The van der Waals surface area contributed by atoms with Gasteiger partial charge in [0.15, 0.2) is 4.34 Å². The summed E-state index contributed by atoms with van der Waals surface area (Å²) in [5.41, 5.74) is -0.0727. The third-order valence-electron chi connectivity index (χ3n) is 2.29. The number of aromatic nitrogens is 2. The molecule has 2 rings (SSSR count). The predicted octanol–water partition coefficient (Wildman–Crippen LogP) is 2.19. The molecule has 6 nitrogen and oxygen atoms in total. The molecule has 21 heavy (non-hydrogen) atoms. The molecule has 0 spiro atoms. The quantitative estimate of drug-likeness (QED) is 0.515. The number of hydrogen-bond donors (Lipinski definition) is 1. The minimum absolute atomic E-state index is 0.0727. The maximum absolute atomic E-state index is 13.4. The van der Waals surface area contributed by atoms with E-state index in [0.29, 0.717) is 4.34 Å². The molecule has 0 radical (unpaired) electrons. The molecular weight excluding hydrogens is 317 g/mol. The first-order valence-corrected chi connectivity index (χ1v) is 7.49. The average Bonchev–Trinajstić information content (AvgIpc) is 2.92. The van der Waals surface area contributed by atoms with Gasteiger partial charge in [0.05, 0.1) is 18.4 Å². The van der Waals surface area contributed by atoms with Gasteiger partial charge in [-0.1, -0.05) is 35.2 Å². The van der Waals surface area contributed by atoms with E-state index >= 15 is 0 Å². The number of ether oxygens (including phenoxy) is 1. The highest BCUT2D eigenvalue weighted by Crippen LogP contribution is 2.25. The molecule has 0 saturated carbocycles. The van der Waals surface area contributed by atoms with Crippen LogP contribution in [0.1, 0.15) is 10.4 Å². The largest absolute Gasteiger partial charge is 0.468 e. The fourth-order valence-electron chi connectivity index (χ4n) is 1.31. The van der Waals surface area contributed by atoms with Crippen LogP contribution in [-0.4, -0.2) is 34.9 Å². The van der Waals surface area contributed by atoms with E-state index in [0.717, 1.165) is 23.1 Å². The smallest absolute Gasteiger partial charge is 0.316 e. The molecule has 1 heterocycles. The number of rotatable bonds is 5. The predicted molar refractivity (Wildman–Crippen MR) is 77.0 cm³/mol. The Morgan fingerprint density at radius 3 is 2.86 bits per heavy atom. The molecule has 0 aliphatic rings. The van der Waals surface area contributed by atoms with Crippen molar-refractivity contribution >= 4 is 40.1 Å². The molecule has 1 N–H and O–H groups in total. The van der Waals surface area contributed by atoms with E-state index in [-0.39, 0.29) is 22.4 Å². The van der Waals surface area contributed by atoms with E-state index < -0.39 is 11.7 Å². The van der Waals surface area contributed by atoms with Gasteiger partial charge in [0.2, 0.25) is 5.13 Å². The molecule has 110 valence electrons. The van der Waals surface area contributed by atoms with Crippen LogP contribution in [0.4, 0.5) is 9.52 Å². The highest BCUT2D eigenvalue weighted by Gasteiger charge is 2.14. The zero-order chi connectivity index (χ0) is 15.2. The van der Waals surface area contributed by atoms with Gasteiger partial charge in [0.25, 0.3) is 5.91 Å². The first-order chi connectivity index (χ1) is 10.1. The highest BCUT2D eigenvalue weighted by molar-refractivity contribution is 8.01. The Kier molecular flexibility index (Phi) is 5.23. The lowest BCUT2D eigenvalue weighted by atomic mass is 10.2. The Hall–Kier alpha value is -2.00. The molecule has 0 saturated heterocycles. The molecule has 1 aromatic carbocycles.